The first-order valence-corrected chi connectivity index (χ1v) is 6.95. The van der Waals surface area contributed by atoms with Crippen molar-refractivity contribution < 1.29 is 4.39 Å². The minimum atomic E-state index is -0.252. The number of benzene rings is 1. The molecule has 0 radical (unpaired) electrons. The van der Waals surface area contributed by atoms with Crippen molar-refractivity contribution in [2.75, 3.05) is 0 Å². The Bertz CT molecular complexity index is 760. The Kier molecular flexibility index (Phi) is 3.66. The topological polar surface area (TPSA) is 74.5 Å². The molecule has 0 aliphatic carbocycles. The molecule has 3 rings (SSSR count). The molecule has 7 heteroatoms. The number of fused-ring (bicyclic) bond motifs is 1. The van der Waals surface area contributed by atoms with Crippen molar-refractivity contribution in [2.45, 2.75) is 33.0 Å². The molecular formula is C14H17FN6. The SMILES string of the molecule is CCCn1c(Cn2cc(CN)nn2)nc2ccc(F)cc21. The van der Waals surface area contributed by atoms with Crippen LogP contribution >= 0.6 is 0 Å². The van der Waals surface area contributed by atoms with Gasteiger partial charge >= 0.3 is 0 Å². The number of nitrogens with zero attached hydrogens (tertiary/aromatic N) is 5. The third kappa shape index (κ3) is 2.64. The number of imidazole rings is 1. The van der Waals surface area contributed by atoms with Crippen LogP contribution in [0.2, 0.25) is 0 Å². The van der Waals surface area contributed by atoms with Gasteiger partial charge in [0.15, 0.2) is 0 Å². The van der Waals surface area contributed by atoms with Gasteiger partial charge in [0, 0.05) is 13.1 Å². The van der Waals surface area contributed by atoms with Gasteiger partial charge in [0.1, 0.15) is 18.2 Å². The summed E-state index contributed by atoms with van der Waals surface area (Å²) in [6, 6.07) is 4.65. The summed E-state index contributed by atoms with van der Waals surface area (Å²) in [5.41, 5.74) is 7.87. The molecular weight excluding hydrogens is 271 g/mol. The Morgan fingerprint density at radius 3 is 2.90 bits per heavy atom. The van der Waals surface area contributed by atoms with Crippen LogP contribution in [-0.2, 0) is 19.6 Å². The molecule has 0 saturated heterocycles. The van der Waals surface area contributed by atoms with Crippen LogP contribution in [0, 0.1) is 5.82 Å². The Hall–Kier alpha value is -2.28. The summed E-state index contributed by atoms with van der Waals surface area (Å²) >= 11 is 0. The summed E-state index contributed by atoms with van der Waals surface area (Å²) in [5.74, 6) is 0.586. The second-order valence-corrected chi connectivity index (χ2v) is 4.92. The summed E-state index contributed by atoms with van der Waals surface area (Å²) in [6.45, 7) is 3.71. The lowest BCUT2D eigenvalue weighted by Crippen LogP contribution is -2.09. The van der Waals surface area contributed by atoms with Crippen LogP contribution in [-0.4, -0.2) is 24.5 Å². The fourth-order valence-electron chi connectivity index (χ4n) is 2.39. The van der Waals surface area contributed by atoms with Gasteiger partial charge in [-0.15, -0.1) is 5.10 Å². The van der Waals surface area contributed by atoms with Crippen LogP contribution in [0.15, 0.2) is 24.4 Å². The lowest BCUT2D eigenvalue weighted by Gasteiger charge is -2.07. The maximum atomic E-state index is 13.5. The first-order valence-electron chi connectivity index (χ1n) is 6.95. The highest BCUT2D eigenvalue weighted by molar-refractivity contribution is 5.76. The van der Waals surface area contributed by atoms with E-state index in [1.54, 1.807) is 16.9 Å². The maximum Gasteiger partial charge on any atom is 0.131 e. The van der Waals surface area contributed by atoms with Gasteiger partial charge in [-0.05, 0) is 24.6 Å². The molecule has 1 aromatic carbocycles. The monoisotopic (exact) mass is 288 g/mol. The highest BCUT2D eigenvalue weighted by Crippen LogP contribution is 2.19. The molecule has 0 spiro atoms. The minimum absolute atomic E-state index is 0.252. The number of aryl methyl sites for hydroxylation is 1. The van der Waals surface area contributed by atoms with E-state index in [0.29, 0.717) is 13.1 Å². The average molecular weight is 288 g/mol. The molecule has 21 heavy (non-hydrogen) atoms. The summed E-state index contributed by atoms with van der Waals surface area (Å²) in [5, 5.41) is 8.00. The molecule has 2 heterocycles. The molecule has 2 N–H and O–H groups in total. The van der Waals surface area contributed by atoms with Crippen molar-refractivity contribution in [2.24, 2.45) is 5.73 Å². The minimum Gasteiger partial charge on any atom is -0.326 e. The molecule has 0 aliphatic heterocycles. The molecule has 0 fully saturated rings. The standard InChI is InChI=1S/C14H17FN6/c1-2-5-21-13-6-10(15)3-4-12(13)17-14(21)9-20-8-11(7-16)18-19-20/h3-4,6,8H,2,5,7,9,16H2,1H3. The van der Waals surface area contributed by atoms with E-state index >= 15 is 0 Å². The van der Waals surface area contributed by atoms with Crippen molar-refractivity contribution in [1.29, 1.82) is 0 Å². The predicted octanol–water partition coefficient (Wildman–Crippen LogP) is 1.68. The second kappa shape index (κ2) is 5.61. The third-order valence-corrected chi connectivity index (χ3v) is 3.34. The van der Waals surface area contributed by atoms with Gasteiger partial charge in [-0.3, -0.25) is 0 Å². The van der Waals surface area contributed by atoms with Gasteiger partial charge in [0.2, 0.25) is 0 Å². The number of hydrogen-bond acceptors (Lipinski definition) is 4. The first-order chi connectivity index (χ1) is 10.2. The smallest absolute Gasteiger partial charge is 0.131 e. The second-order valence-electron chi connectivity index (χ2n) is 4.92. The average Bonchev–Trinajstić information content (AvgIpc) is 3.05. The molecule has 0 saturated carbocycles. The van der Waals surface area contributed by atoms with Gasteiger partial charge in [-0.1, -0.05) is 12.1 Å². The van der Waals surface area contributed by atoms with Crippen LogP contribution in [0.25, 0.3) is 11.0 Å². The lowest BCUT2D eigenvalue weighted by molar-refractivity contribution is 0.577. The van der Waals surface area contributed by atoms with Crippen LogP contribution in [0.5, 0.6) is 0 Å². The van der Waals surface area contributed by atoms with E-state index in [1.165, 1.54) is 12.1 Å². The normalized spacial score (nSPS) is 11.4. The van der Waals surface area contributed by atoms with E-state index in [-0.39, 0.29) is 5.82 Å². The molecule has 110 valence electrons. The number of halogens is 1. The number of hydrogen-bond donors (Lipinski definition) is 1. The molecule has 3 aromatic rings. The molecule has 2 aromatic heterocycles. The van der Waals surface area contributed by atoms with Crippen LogP contribution < -0.4 is 5.73 Å². The van der Waals surface area contributed by atoms with Crippen molar-refractivity contribution in [3.05, 3.63) is 41.7 Å². The molecule has 0 bridgehead atoms. The van der Waals surface area contributed by atoms with Crippen LogP contribution in [0.1, 0.15) is 24.9 Å². The number of nitrogens with two attached hydrogens (primary N) is 1. The zero-order valence-electron chi connectivity index (χ0n) is 11.8. The highest BCUT2D eigenvalue weighted by Gasteiger charge is 2.12. The maximum absolute atomic E-state index is 13.5. The fraction of sp³-hybridized carbons (Fsp3) is 0.357. The van der Waals surface area contributed by atoms with E-state index < -0.39 is 0 Å². The molecule has 0 aliphatic rings. The van der Waals surface area contributed by atoms with Gasteiger partial charge in [0.25, 0.3) is 0 Å². The van der Waals surface area contributed by atoms with Crippen molar-refractivity contribution in [3.8, 4) is 0 Å². The van der Waals surface area contributed by atoms with Gasteiger partial charge < -0.3 is 10.3 Å². The van der Waals surface area contributed by atoms with E-state index in [4.69, 9.17) is 5.73 Å². The van der Waals surface area contributed by atoms with Crippen LogP contribution in [0.3, 0.4) is 0 Å². The van der Waals surface area contributed by atoms with E-state index in [0.717, 1.165) is 35.5 Å². The molecule has 0 unspecified atom stereocenters. The molecule has 6 nitrogen and oxygen atoms in total. The number of rotatable bonds is 5. The zero-order chi connectivity index (χ0) is 14.8. The summed E-state index contributed by atoms with van der Waals surface area (Å²) in [7, 11) is 0. The quantitative estimate of drug-likeness (QED) is 0.775. The van der Waals surface area contributed by atoms with E-state index in [1.807, 2.05) is 4.57 Å². The summed E-state index contributed by atoms with van der Waals surface area (Å²) in [6.07, 6.45) is 2.75. The van der Waals surface area contributed by atoms with E-state index in [2.05, 4.69) is 22.2 Å². The predicted molar refractivity (Wildman–Crippen MR) is 77.0 cm³/mol. The lowest BCUT2D eigenvalue weighted by atomic mass is 10.3. The van der Waals surface area contributed by atoms with Gasteiger partial charge in [-0.2, -0.15) is 0 Å². The summed E-state index contributed by atoms with van der Waals surface area (Å²) < 4.78 is 17.2. The Morgan fingerprint density at radius 2 is 2.19 bits per heavy atom. The van der Waals surface area contributed by atoms with Crippen molar-refractivity contribution in [1.82, 2.24) is 24.5 Å². The summed E-state index contributed by atoms with van der Waals surface area (Å²) in [4.78, 5) is 4.58. The highest BCUT2D eigenvalue weighted by atomic mass is 19.1. The van der Waals surface area contributed by atoms with Crippen molar-refractivity contribution >= 4 is 11.0 Å². The largest absolute Gasteiger partial charge is 0.326 e. The Balaban J connectivity index is 2.02. The van der Waals surface area contributed by atoms with E-state index in [9.17, 15) is 4.39 Å². The van der Waals surface area contributed by atoms with Gasteiger partial charge in [0.05, 0.1) is 22.9 Å². The first kappa shape index (κ1) is 13.7. The van der Waals surface area contributed by atoms with Gasteiger partial charge in [-0.25, -0.2) is 14.1 Å². The van der Waals surface area contributed by atoms with Crippen molar-refractivity contribution in [3.63, 3.8) is 0 Å². The number of aromatic nitrogens is 5. The molecule has 0 atom stereocenters. The third-order valence-electron chi connectivity index (χ3n) is 3.34. The fourth-order valence-corrected chi connectivity index (χ4v) is 2.39. The Labute approximate surface area is 121 Å². The molecule has 0 amide bonds. The van der Waals surface area contributed by atoms with Crippen LogP contribution in [0.4, 0.5) is 4.39 Å². The Morgan fingerprint density at radius 1 is 1.33 bits per heavy atom. The zero-order valence-corrected chi connectivity index (χ0v) is 11.8.